The van der Waals surface area contributed by atoms with Crippen molar-refractivity contribution in [1.29, 1.82) is 10.5 Å². The number of nitriles is 2. The molecule has 2 saturated carbocycles. The number of hydrogen-bond acceptors (Lipinski definition) is 11. The summed E-state index contributed by atoms with van der Waals surface area (Å²) in [7, 11) is 0. The van der Waals surface area contributed by atoms with Crippen LogP contribution in [0.2, 0.25) is 0 Å². The van der Waals surface area contributed by atoms with Gasteiger partial charge in [0.05, 0.1) is 42.3 Å². The van der Waals surface area contributed by atoms with Crippen LogP contribution in [0.3, 0.4) is 0 Å². The average molecular weight is 878 g/mol. The van der Waals surface area contributed by atoms with Gasteiger partial charge in [0.1, 0.15) is 5.76 Å². The van der Waals surface area contributed by atoms with Crippen molar-refractivity contribution >= 4 is 35.0 Å². The van der Waals surface area contributed by atoms with E-state index >= 15 is 0 Å². The Hall–Kier alpha value is -6.22. The number of aryl methyl sites for hydroxylation is 1. The van der Waals surface area contributed by atoms with E-state index in [-0.39, 0.29) is 58.6 Å². The van der Waals surface area contributed by atoms with Crippen molar-refractivity contribution in [3.05, 3.63) is 82.4 Å². The van der Waals surface area contributed by atoms with Gasteiger partial charge in [-0.15, -0.1) is 10.2 Å². The molecule has 15 heteroatoms. The third-order valence-electron chi connectivity index (χ3n) is 15.4. The summed E-state index contributed by atoms with van der Waals surface area (Å²) in [6.45, 7) is 10.9. The fourth-order valence-electron chi connectivity index (χ4n) is 11.7. The molecule has 338 valence electrons. The number of allylic oxidation sites excluding steroid dienone is 3. The van der Waals surface area contributed by atoms with Crippen molar-refractivity contribution in [3.63, 3.8) is 0 Å². The molecule has 1 N–H and O–H groups in total. The van der Waals surface area contributed by atoms with Gasteiger partial charge in [-0.05, 0) is 112 Å². The number of fused-ring (bicyclic) bond motifs is 2. The van der Waals surface area contributed by atoms with Gasteiger partial charge >= 0.3 is 0 Å². The Bertz CT molecular complexity index is 2500. The van der Waals surface area contributed by atoms with Crippen molar-refractivity contribution < 1.29 is 19.1 Å². The maximum absolute atomic E-state index is 13.8. The molecule has 1 aromatic carbocycles. The molecular formula is C50H59N11O4. The van der Waals surface area contributed by atoms with Crippen LogP contribution in [0.25, 0.3) is 0 Å². The number of amides is 3. The van der Waals surface area contributed by atoms with Crippen molar-refractivity contribution in [1.82, 2.24) is 35.1 Å². The maximum Gasteiger partial charge on any atom is 0.272 e. The highest BCUT2D eigenvalue weighted by Crippen LogP contribution is 2.53. The first-order chi connectivity index (χ1) is 31.4. The number of nitrogens with one attached hydrogen (secondary N) is 1. The van der Waals surface area contributed by atoms with Crippen LogP contribution in [0, 0.1) is 45.3 Å². The minimum atomic E-state index is -0.270. The predicted molar refractivity (Wildman–Crippen MR) is 242 cm³/mol. The van der Waals surface area contributed by atoms with Gasteiger partial charge in [0.25, 0.3) is 5.91 Å². The van der Waals surface area contributed by atoms with Gasteiger partial charge in [-0.1, -0.05) is 19.9 Å². The minimum absolute atomic E-state index is 0.0420. The van der Waals surface area contributed by atoms with E-state index in [1.807, 2.05) is 47.4 Å². The first-order valence-electron chi connectivity index (χ1n) is 23.7. The normalized spacial score (nSPS) is 24.7. The molecule has 65 heavy (non-hydrogen) atoms. The van der Waals surface area contributed by atoms with E-state index < -0.39 is 0 Å². The van der Waals surface area contributed by atoms with Gasteiger partial charge in [-0.2, -0.15) is 15.6 Å². The first-order valence-corrected chi connectivity index (χ1v) is 23.7. The highest BCUT2D eigenvalue weighted by Gasteiger charge is 2.55. The van der Waals surface area contributed by atoms with E-state index in [2.05, 4.69) is 60.9 Å². The zero-order valence-corrected chi connectivity index (χ0v) is 37.8. The molecule has 3 aromatic rings. The van der Waals surface area contributed by atoms with Crippen LogP contribution >= 0.6 is 0 Å². The Balaban J connectivity index is 0.688. The lowest BCUT2D eigenvalue weighted by molar-refractivity contribution is -0.146. The van der Waals surface area contributed by atoms with Crippen LogP contribution in [0.5, 0.6) is 0 Å². The van der Waals surface area contributed by atoms with Crippen LogP contribution in [-0.4, -0.2) is 98.9 Å². The summed E-state index contributed by atoms with van der Waals surface area (Å²) in [5, 5.41) is 36.2. The SMILES string of the molecule is CC(=O)N1CCc2c(c(N3CCCc4cc(C#N)ccc43)nn2C2CCN(C(=O)C3CC4(C3)CN(c3ccc(C(=O)NC5CCC(OC6=CC(C)(C)C(C#N)C=C6)CC5)nn3)C4)CC2)C1. The minimum Gasteiger partial charge on any atom is -0.491 e. The topological polar surface area (TPSA) is 177 Å². The lowest BCUT2D eigenvalue weighted by Crippen LogP contribution is -2.64. The molecule has 10 rings (SSSR count). The zero-order valence-electron chi connectivity index (χ0n) is 37.8. The summed E-state index contributed by atoms with van der Waals surface area (Å²) in [5.41, 5.74) is 5.40. The number of anilines is 3. The number of ether oxygens (including phenoxy) is 1. The quantitative estimate of drug-likeness (QED) is 0.269. The van der Waals surface area contributed by atoms with E-state index in [0.29, 0.717) is 37.4 Å². The second-order valence-electron chi connectivity index (χ2n) is 20.3. The Labute approximate surface area is 381 Å². The summed E-state index contributed by atoms with van der Waals surface area (Å²) in [6.07, 6.45) is 15.4. The fraction of sp³-hybridized carbons (Fsp3) is 0.560. The number of nitrogens with zero attached hydrogens (tertiary/aromatic N) is 10. The molecule has 0 bridgehead atoms. The van der Waals surface area contributed by atoms with Crippen LogP contribution < -0.4 is 15.1 Å². The van der Waals surface area contributed by atoms with Crippen molar-refractivity contribution in [2.45, 2.75) is 116 Å². The third-order valence-corrected chi connectivity index (χ3v) is 15.4. The molecule has 3 aliphatic carbocycles. The van der Waals surface area contributed by atoms with Gasteiger partial charge in [0, 0.05) is 92.3 Å². The third kappa shape index (κ3) is 8.23. The Kier molecular flexibility index (Phi) is 11.2. The molecule has 3 amide bonds. The number of hydrogen-bond donors (Lipinski definition) is 1. The highest BCUT2D eigenvalue weighted by atomic mass is 16.5. The number of rotatable bonds is 8. The average Bonchev–Trinajstić information content (AvgIpc) is 3.67. The number of piperidine rings is 1. The molecule has 2 aromatic heterocycles. The molecular weight excluding hydrogens is 819 g/mol. The van der Waals surface area contributed by atoms with Gasteiger partial charge in [-0.3, -0.25) is 19.1 Å². The summed E-state index contributed by atoms with van der Waals surface area (Å²) in [6, 6.07) is 14.4. The number of carbonyl (C=O) groups is 3. The van der Waals surface area contributed by atoms with Crippen molar-refractivity contribution in [3.8, 4) is 12.1 Å². The molecule has 2 saturated heterocycles. The van der Waals surface area contributed by atoms with Gasteiger partial charge < -0.3 is 29.7 Å². The van der Waals surface area contributed by atoms with Crippen molar-refractivity contribution in [2.24, 2.45) is 22.7 Å². The Morgan fingerprint density at radius 3 is 2.38 bits per heavy atom. The molecule has 7 aliphatic rings. The van der Waals surface area contributed by atoms with Gasteiger partial charge in [-0.25, -0.2) is 0 Å². The maximum atomic E-state index is 13.8. The first kappa shape index (κ1) is 42.7. The van der Waals surface area contributed by atoms with Gasteiger partial charge in [0.15, 0.2) is 17.3 Å². The summed E-state index contributed by atoms with van der Waals surface area (Å²) < 4.78 is 8.51. The predicted octanol–water partition coefficient (Wildman–Crippen LogP) is 6.29. The number of carbonyl (C=O) groups excluding carboxylic acids is 3. The molecule has 4 fully saturated rings. The molecule has 1 atom stereocenters. The number of aromatic nitrogens is 4. The zero-order chi connectivity index (χ0) is 45.0. The molecule has 1 spiro atoms. The number of benzene rings is 1. The standard InChI is InChI=1S/C50H59N11O4/c1-32(62)58-22-18-44-41(29-58)46(60-19-4-5-34-23-33(27-51)6-14-43(34)60)56-61(44)38-16-20-57(21-17-38)48(64)35-24-50(25-35)30-59(31-50)45-15-13-42(54-55-45)47(63)53-37-8-11-39(12-9-37)65-40-10-7-36(28-52)49(2,3)26-40/h6-7,10,13-15,23,26,35-39H,4-5,8-9,11-12,16-22,24-25,29-31H2,1-3H3,(H,53,63). The van der Waals surface area contributed by atoms with Crippen molar-refractivity contribution in [2.75, 3.05) is 49.1 Å². The lowest BCUT2D eigenvalue weighted by atomic mass is 9.57. The second-order valence-corrected chi connectivity index (χ2v) is 20.3. The van der Waals surface area contributed by atoms with Crippen LogP contribution in [0.4, 0.5) is 17.3 Å². The Morgan fingerprint density at radius 2 is 1.69 bits per heavy atom. The molecule has 0 radical (unpaired) electrons. The summed E-state index contributed by atoms with van der Waals surface area (Å²) >= 11 is 0. The van der Waals surface area contributed by atoms with Crippen LogP contribution in [0.1, 0.15) is 117 Å². The monoisotopic (exact) mass is 877 g/mol. The Morgan fingerprint density at radius 1 is 0.908 bits per heavy atom. The lowest BCUT2D eigenvalue weighted by Gasteiger charge is -2.59. The summed E-state index contributed by atoms with van der Waals surface area (Å²) in [4.78, 5) is 48.0. The van der Waals surface area contributed by atoms with Crippen LogP contribution in [-0.2, 0) is 33.7 Å². The smallest absolute Gasteiger partial charge is 0.272 e. The van der Waals surface area contributed by atoms with E-state index in [1.54, 1.807) is 13.0 Å². The summed E-state index contributed by atoms with van der Waals surface area (Å²) in [5.74, 6) is 2.50. The van der Waals surface area contributed by atoms with E-state index in [0.717, 1.165) is 124 Å². The van der Waals surface area contributed by atoms with E-state index in [4.69, 9.17) is 9.84 Å². The molecule has 4 aliphatic heterocycles. The van der Waals surface area contributed by atoms with Gasteiger partial charge in [0.2, 0.25) is 11.8 Å². The molecule has 15 nitrogen and oxygen atoms in total. The number of likely N-dealkylation sites (tertiary alicyclic amines) is 1. The second kappa shape index (κ2) is 17.0. The molecule has 6 heterocycles. The fourth-order valence-corrected chi connectivity index (χ4v) is 11.7. The van der Waals surface area contributed by atoms with E-state index in [9.17, 15) is 24.9 Å². The highest BCUT2D eigenvalue weighted by molar-refractivity contribution is 5.92. The molecule has 1 unspecified atom stereocenters. The largest absolute Gasteiger partial charge is 0.491 e. The van der Waals surface area contributed by atoms with E-state index in [1.165, 1.54) is 5.69 Å². The van der Waals surface area contributed by atoms with Crippen LogP contribution in [0.15, 0.2) is 54.3 Å².